The van der Waals surface area contributed by atoms with E-state index in [9.17, 15) is 14.4 Å². The van der Waals surface area contributed by atoms with E-state index in [0.29, 0.717) is 46.3 Å². The molecule has 25 heteroatoms. The Bertz CT molecular complexity index is 4260. The van der Waals surface area contributed by atoms with Gasteiger partial charge in [0.15, 0.2) is 23.1 Å². The molecule has 96 heavy (non-hydrogen) atoms. The van der Waals surface area contributed by atoms with Gasteiger partial charge in [-0.2, -0.15) is 5.10 Å². The summed E-state index contributed by atoms with van der Waals surface area (Å²) in [5, 5.41) is 26.5. The van der Waals surface area contributed by atoms with Crippen LogP contribution in [0.1, 0.15) is 162 Å². The molecule has 9 aromatic heterocycles. The van der Waals surface area contributed by atoms with Crippen LogP contribution in [0.2, 0.25) is 0 Å². The minimum Gasteiger partial charge on any atom is -0.383 e. The van der Waals surface area contributed by atoms with E-state index in [4.69, 9.17) is 40.9 Å². The molecule has 0 atom stereocenters. The number of carbonyl (C=O) groups is 3. The van der Waals surface area contributed by atoms with Gasteiger partial charge in [-0.1, -0.05) is 164 Å². The molecule has 0 aliphatic heterocycles. The number of nitrogens with one attached hydrogen (secondary N) is 3. The number of nitrogens with zero attached hydrogens (tertiary/aromatic N) is 13. The third-order valence-corrected chi connectivity index (χ3v) is 15.7. The van der Waals surface area contributed by atoms with Gasteiger partial charge in [0.2, 0.25) is 17.7 Å². The normalized spacial score (nSPS) is 11.9. The lowest BCUT2D eigenvalue weighted by molar-refractivity contribution is -0.116. The number of rotatable bonds is 15. The molecule has 3 aromatic carbocycles. The Balaban J connectivity index is 0.000000157. The van der Waals surface area contributed by atoms with Crippen molar-refractivity contribution in [3.63, 3.8) is 0 Å². The van der Waals surface area contributed by atoms with Crippen LogP contribution in [0, 0.1) is 0 Å². The average molecular weight is 1300 g/mol. The van der Waals surface area contributed by atoms with Crippen LogP contribution in [-0.4, -0.2) is 81.8 Å². The van der Waals surface area contributed by atoms with Gasteiger partial charge >= 0.3 is 0 Å². The van der Waals surface area contributed by atoms with Crippen LogP contribution in [0.25, 0.3) is 61.2 Å². The fourth-order valence-electron chi connectivity index (χ4n) is 10.5. The summed E-state index contributed by atoms with van der Waals surface area (Å²) in [5.74, 6) is 5.38. The number of benzene rings is 3. The van der Waals surface area contributed by atoms with Crippen molar-refractivity contribution in [2.24, 2.45) is 0 Å². The van der Waals surface area contributed by atoms with Gasteiger partial charge in [-0.05, 0) is 49.9 Å². The van der Waals surface area contributed by atoms with Gasteiger partial charge in [-0.25, -0.2) is 34.6 Å². The van der Waals surface area contributed by atoms with E-state index in [0.717, 1.165) is 89.6 Å². The maximum atomic E-state index is 12.5. The van der Waals surface area contributed by atoms with Crippen LogP contribution in [0.3, 0.4) is 0 Å². The molecule has 0 radical (unpaired) electrons. The monoisotopic (exact) mass is 1300 g/mol. The summed E-state index contributed by atoms with van der Waals surface area (Å²) < 4.78 is 21.9. The first-order valence-corrected chi connectivity index (χ1v) is 31.7. The van der Waals surface area contributed by atoms with Crippen LogP contribution in [0.15, 0.2) is 136 Å². The third-order valence-electron chi connectivity index (χ3n) is 15.7. The van der Waals surface area contributed by atoms with Crippen molar-refractivity contribution in [2.75, 3.05) is 33.2 Å². The van der Waals surface area contributed by atoms with E-state index >= 15 is 0 Å². The third kappa shape index (κ3) is 15.4. The molecular formula is C71H83N19O6. The lowest BCUT2D eigenvalue weighted by Gasteiger charge is -2.12. The van der Waals surface area contributed by atoms with E-state index in [-0.39, 0.29) is 71.2 Å². The fraction of sp³-hybridized carbons (Fsp3) is 0.338. The molecular weight excluding hydrogens is 1210 g/mol. The first kappa shape index (κ1) is 67.8. The van der Waals surface area contributed by atoms with Gasteiger partial charge in [0.05, 0.1) is 30.0 Å². The van der Waals surface area contributed by atoms with Crippen molar-refractivity contribution in [2.45, 2.75) is 157 Å². The van der Waals surface area contributed by atoms with E-state index < -0.39 is 0 Å². The zero-order valence-corrected chi connectivity index (χ0v) is 56.9. The predicted molar refractivity (Wildman–Crippen MR) is 373 cm³/mol. The van der Waals surface area contributed by atoms with E-state index in [2.05, 4.69) is 94.8 Å². The number of carbonyl (C=O) groups excluding carboxylic acids is 3. The molecule has 3 amide bonds. The Morgan fingerprint density at radius 3 is 1.32 bits per heavy atom. The number of anilines is 6. The van der Waals surface area contributed by atoms with Crippen molar-refractivity contribution in [1.29, 1.82) is 0 Å². The van der Waals surface area contributed by atoms with Gasteiger partial charge in [0.25, 0.3) is 0 Å². The number of aromatic nitrogens is 13. The van der Waals surface area contributed by atoms with Crippen LogP contribution >= 0.6 is 0 Å². The Hall–Kier alpha value is -11.1. The van der Waals surface area contributed by atoms with Gasteiger partial charge in [-0.3, -0.25) is 18.8 Å². The van der Waals surface area contributed by atoms with E-state index in [1.807, 2.05) is 164 Å². The highest BCUT2D eigenvalue weighted by Crippen LogP contribution is 2.37. The minimum absolute atomic E-state index is 0.124. The molecule has 12 rings (SSSR count). The van der Waals surface area contributed by atoms with Crippen LogP contribution in [-0.2, 0) is 49.9 Å². The molecule has 0 aliphatic carbocycles. The van der Waals surface area contributed by atoms with Crippen molar-refractivity contribution >= 4 is 80.2 Å². The van der Waals surface area contributed by atoms with Crippen molar-refractivity contribution < 1.29 is 28.0 Å². The molecule has 9 heterocycles. The van der Waals surface area contributed by atoms with Crippen LogP contribution in [0.5, 0.6) is 0 Å². The molecule has 25 nitrogen and oxygen atoms in total. The molecule has 498 valence electrons. The molecule has 0 spiro atoms. The topological polar surface area (TPSA) is 348 Å². The summed E-state index contributed by atoms with van der Waals surface area (Å²) >= 11 is 0. The highest BCUT2D eigenvalue weighted by atomic mass is 16.5. The van der Waals surface area contributed by atoms with E-state index in [1.165, 1.54) is 12.7 Å². The molecule has 0 aliphatic rings. The Kier molecular flexibility index (Phi) is 19.4. The molecule has 12 aromatic rings. The lowest BCUT2D eigenvalue weighted by Crippen LogP contribution is -2.14. The SMILES string of the molecule is CC(C)c1nc(-c2ccc(CC(=O)Nc3cc(C(C)(C)C)on3)cc2)c2c(N)nccn12.CC(C)n1cc(-c2ccc(CC(=O)Nc3cc(C(C)(C)C)on3)cc2)c2c(N)ncnc21.CC(C)n1nc(-c2ccc(CC(=O)Nc3cc(C(C)(C)C)on3)cc2)c2c(N)ncnc21. The first-order chi connectivity index (χ1) is 45.4. The quantitative estimate of drug-likeness (QED) is 0.0555. The molecule has 0 fully saturated rings. The summed E-state index contributed by atoms with van der Waals surface area (Å²) in [6.45, 7) is 30.7. The summed E-state index contributed by atoms with van der Waals surface area (Å²) in [5.41, 5.74) is 28.2. The molecule has 0 unspecified atom stereocenters. The molecule has 0 saturated carbocycles. The maximum Gasteiger partial charge on any atom is 0.230 e. The second-order valence-corrected chi connectivity index (χ2v) is 27.6. The number of imidazole rings is 1. The minimum atomic E-state index is -0.174. The predicted octanol–water partition coefficient (Wildman–Crippen LogP) is 13.4. The van der Waals surface area contributed by atoms with Crippen molar-refractivity contribution in [1.82, 2.24) is 64.1 Å². The summed E-state index contributed by atoms with van der Waals surface area (Å²) in [7, 11) is 0. The zero-order valence-electron chi connectivity index (χ0n) is 56.9. The zero-order chi connectivity index (χ0) is 69.1. The maximum absolute atomic E-state index is 12.5. The smallest absolute Gasteiger partial charge is 0.230 e. The Morgan fingerprint density at radius 2 is 0.917 bits per heavy atom. The van der Waals surface area contributed by atoms with Gasteiger partial charge < -0.3 is 51.3 Å². The van der Waals surface area contributed by atoms with Crippen molar-refractivity contribution in [3.05, 3.63) is 162 Å². The number of hydrogen-bond acceptors (Lipinski definition) is 19. The second kappa shape index (κ2) is 27.5. The van der Waals surface area contributed by atoms with Gasteiger partial charge in [0.1, 0.15) is 75.8 Å². The summed E-state index contributed by atoms with van der Waals surface area (Å²) in [4.78, 5) is 63.5. The lowest BCUT2D eigenvalue weighted by atomic mass is 9.93. The highest BCUT2D eigenvalue weighted by Gasteiger charge is 2.26. The van der Waals surface area contributed by atoms with Crippen LogP contribution < -0.4 is 33.2 Å². The Morgan fingerprint density at radius 1 is 0.500 bits per heavy atom. The van der Waals surface area contributed by atoms with Crippen molar-refractivity contribution in [3.8, 4) is 33.6 Å². The van der Waals surface area contributed by atoms with Gasteiger partial charge in [-0.15, -0.1) is 0 Å². The number of nitrogen functional groups attached to an aromatic ring is 3. The first-order valence-electron chi connectivity index (χ1n) is 31.7. The fourth-order valence-corrected chi connectivity index (χ4v) is 10.5. The summed E-state index contributed by atoms with van der Waals surface area (Å²) in [6, 6.07) is 28.9. The molecule has 0 bridgehead atoms. The number of hydrogen-bond donors (Lipinski definition) is 6. The highest BCUT2D eigenvalue weighted by molar-refractivity contribution is 6.01. The van der Waals surface area contributed by atoms with E-state index in [1.54, 1.807) is 24.4 Å². The number of amides is 3. The Labute approximate surface area is 556 Å². The largest absolute Gasteiger partial charge is 0.383 e. The standard InChI is InChI=1S/2C24H28N6O2.C23H27N7O2/c1-14(2)30-12-17(21-22(25)26-13-27-23(21)30)16-8-6-15(7-9-16)10-20(31)28-19-11-18(32-29-19)24(3,4)5;1-14(2)23-28-20(21-22(25)26-10-11-30(21)23)16-8-6-15(7-9-16)12-19(31)27-18-13-17(32-29-18)24(3,4)5;1-13(2)30-22-19(21(24)25-12-26-22)20(28-30)15-8-6-14(7-9-15)10-18(31)27-17-11-16(32-29-17)23(3,4)5/h6-9,11-14H,10H2,1-5H3,(H2,25,26,27)(H,28,29,31);6-11,13-14H,12H2,1-5H3,(H2,25,26)(H,27,29,31);6-9,11-13H,10H2,1-5H3,(H2,24,25,26)(H,27,29,31). The van der Waals surface area contributed by atoms with Crippen LogP contribution in [0.4, 0.5) is 34.9 Å². The number of fused-ring (bicyclic) bond motifs is 3. The molecule has 9 N–H and O–H groups in total. The molecule has 0 saturated heterocycles. The summed E-state index contributed by atoms with van der Waals surface area (Å²) in [6.07, 6.45) is 9.22. The average Bonchev–Trinajstić information content (AvgIpc) is 1.63. The van der Waals surface area contributed by atoms with Gasteiger partial charge in [0, 0.05) is 87.7 Å². The number of nitrogens with two attached hydrogens (primary N) is 3. The second-order valence-electron chi connectivity index (χ2n) is 27.6.